The van der Waals surface area contributed by atoms with Gasteiger partial charge < -0.3 is 14.6 Å². The molecule has 1 aromatic heterocycles. The number of carbonyl (C=O) groups excluding carboxylic acids is 1. The molecule has 32 heavy (non-hydrogen) atoms. The fourth-order valence-electron chi connectivity index (χ4n) is 3.66. The third kappa shape index (κ3) is 6.71. The fourth-order valence-corrected chi connectivity index (χ4v) is 6.52. The second kappa shape index (κ2) is 10.2. The standard InChI is InChI=1S/C22H32N4O4S2/c1-5-17-6-8-18(9-7-17)30-13-19-24-25-21(26(19)12-16(2)3)31-14-20(27)23-22(4)10-11-32(28,29)15-22/h6-9,16H,5,10-15H2,1-4H3,(H,23,27)/t22-/m0/s1. The number of thioether (sulfide) groups is 1. The molecule has 2 aromatic rings. The number of rotatable bonds is 10. The van der Waals surface area contributed by atoms with Gasteiger partial charge in [-0.3, -0.25) is 4.79 Å². The molecule has 0 aliphatic carbocycles. The van der Waals surface area contributed by atoms with Crippen LogP contribution in [0.15, 0.2) is 29.4 Å². The van der Waals surface area contributed by atoms with E-state index in [0.29, 0.717) is 29.9 Å². The summed E-state index contributed by atoms with van der Waals surface area (Å²) < 4.78 is 31.4. The van der Waals surface area contributed by atoms with Gasteiger partial charge in [-0.1, -0.05) is 44.7 Å². The van der Waals surface area contributed by atoms with Crippen LogP contribution in [-0.2, 0) is 34.2 Å². The minimum Gasteiger partial charge on any atom is -0.486 e. The number of carbonyl (C=O) groups is 1. The largest absolute Gasteiger partial charge is 0.486 e. The van der Waals surface area contributed by atoms with Gasteiger partial charge in [0.2, 0.25) is 5.91 Å². The molecule has 8 nitrogen and oxygen atoms in total. The molecule has 0 saturated carbocycles. The zero-order valence-electron chi connectivity index (χ0n) is 19.1. The minimum absolute atomic E-state index is 0.0132. The molecule has 1 aromatic carbocycles. The van der Waals surface area contributed by atoms with Crippen molar-refractivity contribution >= 4 is 27.5 Å². The highest BCUT2D eigenvalue weighted by atomic mass is 32.2. The number of nitrogens with one attached hydrogen (secondary N) is 1. The Hall–Kier alpha value is -2.07. The van der Waals surface area contributed by atoms with Gasteiger partial charge in [-0.25, -0.2) is 8.42 Å². The molecule has 1 saturated heterocycles. The quantitative estimate of drug-likeness (QED) is 0.522. The van der Waals surface area contributed by atoms with Crippen LogP contribution in [0, 0.1) is 5.92 Å². The molecule has 2 heterocycles. The van der Waals surface area contributed by atoms with Crippen LogP contribution in [0.5, 0.6) is 5.75 Å². The first-order chi connectivity index (χ1) is 15.1. The topological polar surface area (TPSA) is 103 Å². The molecule has 0 radical (unpaired) electrons. The van der Waals surface area contributed by atoms with Crippen molar-refractivity contribution in [2.24, 2.45) is 5.92 Å². The highest BCUT2D eigenvalue weighted by molar-refractivity contribution is 7.99. The maximum atomic E-state index is 12.5. The Balaban J connectivity index is 1.62. The number of aryl methyl sites for hydroxylation is 1. The van der Waals surface area contributed by atoms with Crippen LogP contribution in [0.4, 0.5) is 0 Å². The van der Waals surface area contributed by atoms with Crippen LogP contribution in [0.25, 0.3) is 0 Å². The Labute approximate surface area is 194 Å². The number of ether oxygens (including phenoxy) is 1. The highest BCUT2D eigenvalue weighted by Gasteiger charge is 2.39. The molecule has 176 valence electrons. The summed E-state index contributed by atoms with van der Waals surface area (Å²) in [7, 11) is -3.08. The van der Waals surface area contributed by atoms with E-state index in [1.54, 1.807) is 6.92 Å². The molecule has 1 fully saturated rings. The number of benzene rings is 1. The second-order valence-electron chi connectivity index (χ2n) is 8.93. The van der Waals surface area contributed by atoms with E-state index in [4.69, 9.17) is 4.74 Å². The SMILES string of the molecule is CCc1ccc(OCc2nnc(SCC(=O)N[C@@]3(C)CCS(=O)(=O)C3)n2CC(C)C)cc1. The van der Waals surface area contributed by atoms with Gasteiger partial charge in [0.15, 0.2) is 20.8 Å². The normalized spacial score (nSPS) is 19.9. The summed E-state index contributed by atoms with van der Waals surface area (Å²) in [5.74, 6) is 1.88. The minimum atomic E-state index is -3.08. The predicted octanol–water partition coefficient (Wildman–Crippen LogP) is 2.86. The second-order valence-corrected chi connectivity index (χ2v) is 12.1. The Kier molecular flexibility index (Phi) is 7.87. The van der Waals surface area contributed by atoms with Crippen molar-refractivity contribution in [3.8, 4) is 5.75 Å². The molecule has 1 aliphatic heterocycles. The van der Waals surface area contributed by atoms with Crippen LogP contribution in [-0.4, -0.2) is 51.9 Å². The number of nitrogens with zero attached hydrogens (tertiary/aromatic N) is 3. The average molecular weight is 481 g/mol. The Morgan fingerprint density at radius 2 is 2.00 bits per heavy atom. The van der Waals surface area contributed by atoms with Gasteiger partial charge in [-0.2, -0.15) is 0 Å². The van der Waals surface area contributed by atoms with Gasteiger partial charge in [0.05, 0.1) is 22.8 Å². The van der Waals surface area contributed by atoms with Crippen LogP contribution in [0.3, 0.4) is 0 Å². The van der Waals surface area contributed by atoms with E-state index in [9.17, 15) is 13.2 Å². The zero-order valence-corrected chi connectivity index (χ0v) is 20.8. The van der Waals surface area contributed by atoms with Gasteiger partial charge in [-0.15, -0.1) is 10.2 Å². The maximum Gasteiger partial charge on any atom is 0.230 e. The van der Waals surface area contributed by atoms with Gasteiger partial charge in [0, 0.05) is 6.54 Å². The van der Waals surface area contributed by atoms with E-state index in [-0.39, 0.29) is 29.8 Å². The van der Waals surface area contributed by atoms with E-state index in [2.05, 4.69) is 36.3 Å². The van der Waals surface area contributed by atoms with Gasteiger partial charge in [-0.05, 0) is 43.4 Å². The third-order valence-corrected chi connectivity index (χ3v) is 8.19. The van der Waals surface area contributed by atoms with E-state index in [0.717, 1.165) is 12.2 Å². The monoisotopic (exact) mass is 480 g/mol. The number of hydrogen-bond acceptors (Lipinski definition) is 7. The van der Waals surface area contributed by atoms with Crippen LogP contribution >= 0.6 is 11.8 Å². The molecule has 1 amide bonds. The van der Waals surface area contributed by atoms with Gasteiger partial charge in [0.1, 0.15) is 12.4 Å². The number of sulfone groups is 1. The number of aromatic nitrogens is 3. The Bertz CT molecular complexity index is 1030. The first-order valence-corrected chi connectivity index (χ1v) is 13.7. The molecule has 10 heteroatoms. The molecule has 1 atom stereocenters. The van der Waals surface area contributed by atoms with Crippen molar-refractivity contribution < 1.29 is 17.9 Å². The van der Waals surface area contributed by atoms with Crippen molar-refractivity contribution in [2.75, 3.05) is 17.3 Å². The first-order valence-electron chi connectivity index (χ1n) is 10.9. The Morgan fingerprint density at radius 1 is 1.28 bits per heavy atom. The summed E-state index contributed by atoms with van der Waals surface area (Å²) in [6.45, 7) is 9.10. The highest BCUT2D eigenvalue weighted by Crippen LogP contribution is 2.24. The van der Waals surface area contributed by atoms with Crippen LogP contribution in [0.2, 0.25) is 0 Å². The molecule has 0 bridgehead atoms. The Morgan fingerprint density at radius 3 is 2.59 bits per heavy atom. The summed E-state index contributed by atoms with van der Waals surface area (Å²) in [6.07, 6.45) is 1.42. The van der Waals surface area contributed by atoms with Crippen molar-refractivity contribution in [3.63, 3.8) is 0 Å². The van der Waals surface area contributed by atoms with Crippen molar-refractivity contribution in [3.05, 3.63) is 35.7 Å². The van der Waals surface area contributed by atoms with Gasteiger partial charge in [0.25, 0.3) is 0 Å². The molecular weight excluding hydrogens is 448 g/mol. The zero-order chi connectivity index (χ0) is 23.4. The molecule has 3 rings (SSSR count). The summed E-state index contributed by atoms with van der Waals surface area (Å²) in [4.78, 5) is 12.5. The molecule has 0 unspecified atom stereocenters. The lowest BCUT2D eigenvalue weighted by molar-refractivity contribution is -0.120. The van der Waals surface area contributed by atoms with E-state index in [1.807, 2.05) is 28.8 Å². The summed E-state index contributed by atoms with van der Waals surface area (Å²) >= 11 is 1.30. The fraction of sp³-hybridized carbons (Fsp3) is 0.591. The predicted molar refractivity (Wildman–Crippen MR) is 126 cm³/mol. The smallest absolute Gasteiger partial charge is 0.230 e. The van der Waals surface area contributed by atoms with Crippen LogP contribution < -0.4 is 10.1 Å². The number of hydrogen-bond donors (Lipinski definition) is 1. The maximum absolute atomic E-state index is 12.5. The average Bonchev–Trinajstić information content (AvgIpc) is 3.23. The molecular formula is C22H32N4O4S2. The van der Waals surface area contributed by atoms with E-state index < -0.39 is 15.4 Å². The number of amides is 1. The van der Waals surface area contributed by atoms with Gasteiger partial charge >= 0.3 is 0 Å². The lowest BCUT2D eigenvalue weighted by Gasteiger charge is -2.23. The molecule has 0 spiro atoms. The van der Waals surface area contributed by atoms with Crippen LogP contribution in [0.1, 0.15) is 45.5 Å². The van der Waals surface area contributed by atoms with E-state index >= 15 is 0 Å². The lowest BCUT2D eigenvalue weighted by Crippen LogP contribution is -2.47. The summed E-state index contributed by atoms with van der Waals surface area (Å²) in [5, 5.41) is 12.1. The van der Waals surface area contributed by atoms with Crippen molar-refractivity contribution in [1.82, 2.24) is 20.1 Å². The lowest BCUT2D eigenvalue weighted by atomic mass is 10.0. The first kappa shape index (κ1) is 24.6. The van der Waals surface area contributed by atoms with Crippen molar-refractivity contribution in [1.29, 1.82) is 0 Å². The summed E-state index contributed by atoms with van der Waals surface area (Å²) in [6, 6.07) is 7.99. The molecule has 1 aliphatic rings. The molecule has 1 N–H and O–H groups in total. The third-order valence-electron chi connectivity index (χ3n) is 5.32. The van der Waals surface area contributed by atoms with Crippen molar-refractivity contribution in [2.45, 2.75) is 64.4 Å². The van der Waals surface area contributed by atoms with E-state index in [1.165, 1.54) is 17.3 Å². The summed E-state index contributed by atoms with van der Waals surface area (Å²) in [5.41, 5.74) is 0.551.